The minimum Gasteiger partial charge on any atom is -0.398 e. The van der Waals surface area contributed by atoms with Crippen LogP contribution in [0.5, 0.6) is 0 Å². The average Bonchev–Trinajstić information content (AvgIpc) is 2.72. The first-order valence-corrected chi connectivity index (χ1v) is 6.24. The molecule has 0 spiro atoms. The van der Waals surface area contributed by atoms with E-state index in [9.17, 15) is 14.4 Å². The fraction of sp³-hybridized carbons (Fsp3) is 0.308. The smallest absolute Gasteiger partial charge is 0.270 e. The van der Waals surface area contributed by atoms with Crippen LogP contribution in [0.25, 0.3) is 0 Å². The lowest BCUT2D eigenvalue weighted by Gasteiger charge is -2.25. The van der Waals surface area contributed by atoms with Crippen LogP contribution in [0.1, 0.15) is 20.7 Å². The van der Waals surface area contributed by atoms with Crippen molar-refractivity contribution in [1.82, 2.24) is 10.2 Å². The molecule has 0 radical (unpaired) electrons. The number of nitrogens with zero attached hydrogens (tertiary/aromatic N) is 1. The third kappa shape index (κ3) is 1.79. The fourth-order valence-corrected chi connectivity index (χ4v) is 2.38. The Morgan fingerprint density at radius 1 is 1.35 bits per heavy atom. The molecule has 1 aromatic rings. The van der Waals surface area contributed by atoms with Gasteiger partial charge in [0.15, 0.2) is 0 Å². The van der Waals surface area contributed by atoms with E-state index in [4.69, 9.17) is 10.5 Å². The summed E-state index contributed by atoms with van der Waals surface area (Å²) >= 11 is 0. The molecule has 2 aliphatic rings. The highest BCUT2D eigenvalue weighted by molar-refractivity contribution is 6.31. The highest BCUT2D eigenvalue weighted by atomic mass is 16.5. The molecule has 1 fully saturated rings. The molecule has 104 valence electrons. The van der Waals surface area contributed by atoms with Gasteiger partial charge in [0.1, 0.15) is 6.10 Å². The number of nitrogen functional groups attached to an aromatic ring is 1. The Kier molecular flexibility index (Phi) is 3.00. The SMILES string of the molecule is Nc1cccc2c1C(=O)N(C(=O)C1CNCCO1)C2=O. The predicted molar refractivity (Wildman–Crippen MR) is 69.0 cm³/mol. The van der Waals surface area contributed by atoms with E-state index in [1.54, 1.807) is 6.07 Å². The van der Waals surface area contributed by atoms with E-state index in [-0.39, 0.29) is 23.4 Å². The molecular formula is C13H13N3O4. The van der Waals surface area contributed by atoms with E-state index in [1.807, 2.05) is 0 Å². The zero-order chi connectivity index (χ0) is 14.3. The van der Waals surface area contributed by atoms with Crippen molar-refractivity contribution in [2.75, 3.05) is 25.4 Å². The number of fused-ring (bicyclic) bond motifs is 1. The number of ether oxygens (including phenoxy) is 1. The number of amides is 3. The number of hydrogen-bond acceptors (Lipinski definition) is 6. The standard InChI is InChI=1S/C13H13N3O4/c14-8-3-1-2-7-10(8)13(19)16(11(7)17)12(18)9-6-15-4-5-20-9/h1-3,9,15H,4-6,14H2. The molecule has 1 unspecified atom stereocenters. The van der Waals surface area contributed by atoms with Gasteiger partial charge in [0.25, 0.3) is 17.7 Å². The number of anilines is 1. The topological polar surface area (TPSA) is 102 Å². The van der Waals surface area contributed by atoms with E-state index in [0.29, 0.717) is 18.1 Å². The first-order chi connectivity index (χ1) is 9.61. The van der Waals surface area contributed by atoms with Gasteiger partial charge in [0, 0.05) is 18.8 Å². The number of imide groups is 3. The summed E-state index contributed by atoms with van der Waals surface area (Å²) < 4.78 is 5.29. The summed E-state index contributed by atoms with van der Waals surface area (Å²) in [6, 6.07) is 4.59. The Morgan fingerprint density at radius 2 is 2.15 bits per heavy atom. The highest BCUT2D eigenvalue weighted by Crippen LogP contribution is 2.28. The van der Waals surface area contributed by atoms with Crippen molar-refractivity contribution in [2.24, 2.45) is 0 Å². The number of rotatable bonds is 1. The first-order valence-electron chi connectivity index (χ1n) is 6.24. The minimum absolute atomic E-state index is 0.0922. The van der Waals surface area contributed by atoms with E-state index >= 15 is 0 Å². The monoisotopic (exact) mass is 275 g/mol. The number of carbonyl (C=O) groups is 3. The summed E-state index contributed by atoms with van der Waals surface area (Å²) in [5, 5.41) is 2.98. The van der Waals surface area contributed by atoms with E-state index in [0.717, 1.165) is 0 Å². The molecule has 0 aliphatic carbocycles. The van der Waals surface area contributed by atoms with Crippen molar-refractivity contribution in [3.05, 3.63) is 29.3 Å². The number of benzene rings is 1. The molecule has 1 saturated heterocycles. The zero-order valence-corrected chi connectivity index (χ0v) is 10.6. The summed E-state index contributed by atoms with van der Waals surface area (Å²) in [5.74, 6) is -1.97. The summed E-state index contributed by atoms with van der Waals surface area (Å²) in [5.41, 5.74) is 6.16. The Balaban J connectivity index is 1.93. The van der Waals surface area contributed by atoms with Gasteiger partial charge in [0.05, 0.1) is 17.7 Å². The van der Waals surface area contributed by atoms with Crippen LogP contribution in [0.2, 0.25) is 0 Å². The molecule has 0 bridgehead atoms. The van der Waals surface area contributed by atoms with E-state index < -0.39 is 23.8 Å². The van der Waals surface area contributed by atoms with Crippen molar-refractivity contribution >= 4 is 23.4 Å². The van der Waals surface area contributed by atoms with Gasteiger partial charge in [-0.2, -0.15) is 0 Å². The van der Waals surface area contributed by atoms with Gasteiger partial charge in [-0.15, -0.1) is 0 Å². The van der Waals surface area contributed by atoms with Crippen molar-refractivity contribution in [2.45, 2.75) is 6.10 Å². The second kappa shape index (κ2) is 4.69. The van der Waals surface area contributed by atoms with Gasteiger partial charge in [0.2, 0.25) is 0 Å². The highest BCUT2D eigenvalue weighted by Gasteiger charge is 2.43. The van der Waals surface area contributed by atoms with Gasteiger partial charge in [-0.05, 0) is 12.1 Å². The number of nitrogens with one attached hydrogen (secondary N) is 1. The molecule has 1 atom stereocenters. The van der Waals surface area contributed by atoms with Crippen LogP contribution in [0, 0.1) is 0 Å². The van der Waals surface area contributed by atoms with Gasteiger partial charge in [-0.25, -0.2) is 4.90 Å². The minimum atomic E-state index is -0.827. The molecule has 2 aliphatic heterocycles. The van der Waals surface area contributed by atoms with Crippen molar-refractivity contribution in [3.8, 4) is 0 Å². The fourth-order valence-electron chi connectivity index (χ4n) is 2.38. The third-order valence-corrected chi connectivity index (χ3v) is 3.37. The summed E-state index contributed by atoms with van der Waals surface area (Å²) in [4.78, 5) is 37.3. The van der Waals surface area contributed by atoms with Crippen LogP contribution in [0.3, 0.4) is 0 Å². The lowest BCUT2D eigenvalue weighted by atomic mass is 10.1. The van der Waals surface area contributed by atoms with Crippen molar-refractivity contribution in [3.63, 3.8) is 0 Å². The number of carbonyl (C=O) groups excluding carboxylic acids is 3. The van der Waals surface area contributed by atoms with Crippen LogP contribution >= 0.6 is 0 Å². The Morgan fingerprint density at radius 3 is 2.80 bits per heavy atom. The van der Waals surface area contributed by atoms with Crippen LogP contribution in [0.4, 0.5) is 5.69 Å². The molecule has 3 N–H and O–H groups in total. The molecule has 7 heteroatoms. The van der Waals surface area contributed by atoms with Gasteiger partial charge < -0.3 is 15.8 Å². The molecule has 0 aromatic heterocycles. The van der Waals surface area contributed by atoms with E-state index in [2.05, 4.69) is 5.32 Å². The molecule has 3 amide bonds. The third-order valence-electron chi connectivity index (χ3n) is 3.37. The van der Waals surface area contributed by atoms with Crippen LogP contribution < -0.4 is 11.1 Å². The first kappa shape index (κ1) is 12.8. The second-order valence-corrected chi connectivity index (χ2v) is 4.62. The quantitative estimate of drug-likeness (QED) is 0.523. The Hall–Kier alpha value is -2.25. The largest absolute Gasteiger partial charge is 0.398 e. The Bertz CT molecular complexity index is 608. The molecule has 0 saturated carbocycles. The van der Waals surface area contributed by atoms with Crippen LogP contribution in [-0.4, -0.2) is 48.4 Å². The number of nitrogens with two attached hydrogens (primary N) is 1. The van der Waals surface area contributed by atoms with E-state index in [1.165, 1.54) is 12.1 Å². The lowest BCUT2D eigenvalue weighted by Crippen LogP contribution is -2.51. The molecule has 2 heterocycles. The van der Waals surface area contributed by atoms with Gasteiger partial charge >= 0.3 is 0 Å². The summed E-state index contributed by atoms with van der Waals surface area (Å²) in [6.07, 6.45) is -0.827. The lowest BCUT2D eigenvalue weighted by molar-refractivity contribution is -0.139. The summed E-state index contributed by atoms with van der Waals surface area (Å²) in [6.45, 7) is 1.28. The number of morpholine rings is 1. The number of hydrogen-bond donors (Lipinski definition) is 2. The second-order valence-electron chi connectivity index (χ2n) is 4.62. The molecule has 20 heavy (non-hydrogen) atoms. The van der Waals surface area contributed by atoms with Crippen LogP contribution in [-0.2, 0) is 9.53 Å². The Labute approximate surface area is 114 Å². The van der Waals surface area contributed by atoms with Crippen molar-refractivity contribution < 1.29 is 19.1 Å². The molecule has 3 rings (SSSR count). The predicted octanol–water partition coefficient (Wildman–Crippen LogP) is -0.620. The van der Waals surface area contributed by atoms with Gasteiger partial charge in [-0.1, -0.05) is 6.07 Å². The molecule has 1 aromatic carbocycles. The van der Waals surface area contributed by atoms with Gasteiger partial charge in [-0.3, -0.25) is 14.4 Å². The zero-order valence-electron chi connectivity index (χ0n) is 10.6. The maximum Gasteiger partial charge on any atom is 0.270 e. The maximum absolute atomic E-state index is 12.3. The normalized spacial score (nSPS) is 22.0. The van der Waals surface area contributed by atoms with Crippen molar-refractivity contribution in [1.29, 1.82) is 0 Å². The van der Waals surface area contributed by atoms with Crippen LogP contribution in [0.15, 0.2) is 18.2 Å². The molecule has 7 nitrogen and oxygen atoms in total. The maximum atomic E-state index is 12.3. The molecular weight excluding hydrogens is 262 g/mol. The summed E-state index contributed by atoms with van der Waals surface area (Å²) in [7, 11) is 0. The average molecular weight is 275 g/mol.